The number of nitrogens with one attached hydrogen (secondary N) is 2. The summed E-state index contributed by atoms with van der Waals surface area (Å²) in [5.41, 5.74) is 0.871. The van der Waals surface area contributed by atoms with Gasteiger partial charge in [0.05, 0.1) is 38.8 Å². The van der Waals surface area contributed by atoms with Crippen molar-refractivity contribution in [3.05, 3.63) is 46.8 Å². The van der Waals surface area contributed by atoms with Gasteiger partial charge in [-0.3, -0.25) is 0 Å². The average Bonchev–Trinajstić information content (AvgIpc) is 3.26. The Labute approximate surface area is 256 Å². The summed E-state index contributed by atoms with van der Waals surface area (Å²) >= 11 is 1.16. The van der Waals surface area contributed by atoms with Gasteiger partial charge in [0.1, 0.15) is 5.75 Å². The number of hydrogen-bond acceptors (Lipinski definition) is 7. The van der Waals surface area contributed by atoms with Crippen LogP contribution in [0, 0.1) is 11.8 Å². The number of ether oxygens (including phenoxy) is 1. The minimum Gasteiger partial charge on any atom is -0.482 e. The fraction of sp³-hybridized carbons (Fsp3) is 0.467. The number of sulfone groups is 1. The number of halogens is 6. The number of nitrogens with zero attached hydrogens (tertiary/aromatic N) is 1. The highest BCUT2D eigenvalue weighted by atomic mass is 32.2. The number of thiophene rings is 1. The van der Waals surface area contributed by atoms with Crippen LogP contribution in [0.1, 0.15) is 37.1 Å². The van der Waals surface area contributed by atoms with E-state index in [4.69, 9.17) is 4.74 Å². The molecule has 6 nitrogen and oxygen atoms in total. The minimum atomic E-state index is -4.66. The molecule has 1 saturated heterocycles. The SMILES string of the molecule is CC(C)N1CCC(Nc2cccc3c(CC(F)(F)F)c(C#CCNc4ccc(S(C)(=O)=O)cc4OCC(F)(F)F)sc23)CC1. The Balaban J connectivity index is 1.58. The predicted molar refractivity (Wildman–Crippen MR) is 161 cm³/mol. The van der Waals surface area contributed by atoms with E-state index in [0.29, 0.717) is 16.1 Å². The van der Waals surface area contributed by atoms with Crippen molar-refractivity contribution in [3.8, 4) is 17.6 Å². The number of piperidine rings is 1. The summed E-state index contributed by atoms with van der Waals surface area (Å²) in [6.07, 6.45) is -7.56. The maximum absolute atomic E-state index is 13.6. The molecule has 0 amide bonds. The quantitative estimate of drug-likeness (QED) is 0.189. The number of hydrogen-bond donors (Lipinski definition) is 2. The lowest BCUT2D eigenvalue weighted by molar-refractivity contribution is -0.153. The summed E-state index contributed by atoms with van der Waals surface area (Å²) in [5.74, 6) is 5.22. The molecule has 1 fully saturated rings. The molecule has 0 atom stereocenters. The molecule has 240 valence electrons. The van der Waals surface area contributed by atoms with Crippen molar-refractivity contribution in [3.63, 3.8) is 0 Å². The van der Waals surface area contributed by atoms with Crippen molar-refractivity contribution in [2.45, 2.75) is 62.4 Å². The lowest BCUT2D eigenvalue weighted by Gasteiger charge is -2.35. The van der Waals surface area contributed by atoms with Crippen LogP contribution >= 0.6 is 11.3 Å². The maximum atomic E-state index is 13.6. The molecule has 0 saturated carbocycles. The Kier molecular flexibility index (Phi) is 10.3. The summed E-state index contributed by atoms with van der Waals surface area (Å²) in [6.45, 7) is 4.36. The molecule has 2 heterocycles. The molecule has 1 aromatic heterocycles. The Bertz CT molecular complexity index is 1630. The van der Waals surface area contributed by atoms with Crippen molar-refractivity contribution in [2.75, 3.05) is 43.1 Å². The second-order valence-electron chi connectivity index (χ2n) is 10.9. The Hall–Kier alpha value is -3.15. The lowest BCUT2D eigenvalue weighted by Crippen LogP contribution is -2.42. The number of likely N-dealkylation sites (tertiary alicyclic amines) is 1. The van der Waals surface area contributed by atoms with E-state index in [1.807, 2.05) is 6.07 Å². The van der Waals surface area contributed by atoms with Crippen LogP contribution in [-0.2, 0) is 16.3 Å². The first-order valence-electron chi connectivity index (χ1n) is 13.9. The Morgan fingerprint density at radius 3 is 2.36 bits per heavy atom. The van der Waals surface area contributed by atoms with E-state index in [1.165, 1.54) is 12.1 Å². The van der Waals surface area contributed by atoms with Gasteiger partial charge in [-0.2, -0.15) is 26.3 Å². The van der Waals surface area contributed by atoms with Gasteiger partial charge in [0.2, 0.25) is 0 Å². The van der Waals surface area contributed by atoms with Gasteiger partial charge in [-0.25, -0.2) is 8.42 Å². The van der Waals surface area contributed by atoms with Gasteiger partial charge in [-0.05, 0) is 55.8 Å². The molecule has 14 heteroatoms. The van der Waals surface area contributed by atoms with E-state index in [2.05, 4.69) is 41.2 Å². The molecule has 0 unspecified atom stereocenters. The zero-order valence-electron chi connectivity index (χ0n) is 24.3. The molecule has 2 aromatic carbocycles. The van der Waals surface area contributed by atoms with Gasteiger partial charge < -0.3 is 20.3 Å². The van der Waals surface area contributed by atoms with Gasteiger partial charge in [0.25, 0.3) is 0 Å². The first kappa shape index (κ1) is 33.7. The monoisotopic (exact) mass is 661 g/mol. The van der Waals surface area contributed by atoms with E-state index in [1.54, 1.807) is 12.1 Å². The maximum Gasteiger partial charge on any atom is 0.422 e. The van der Waals surface area contributed by atoms with E-state index >= 15 is 0 Å². The lowest BCUT2D eigenvalue weighted by atomic mass is 10.0. The van der Waals surface area contributed by atoms with Crippen LogP contribution in [0.2, 0.25) is 0 Å². The number of rotatable bonds is 9. The second kappa shape index (κ2) is 13.5. The van der Waals surface area contributed by atoms with E-state index in [9.17, 15) is 34.8 Å². The Morgan fingerprint density at radius 2 is 1.75 bits per heavy atom. The van der Waals surface area contributed by atoms with Crippen LogP contribution < -0.4 is 15.4 Å². The first-order valence-corrected chi connectivity index (χ1v) is 16.6. The molecule has 1 aliphatic rings. The van der Waals surface area contributed by atoms with E-state index < -0.39 is 35.2 Å². The highest BCUT2D eigenvalue weighted by Crippen LogP contribution is 2.39. The standard InChI is InChI=1S/C30H33F6N3O3S2/c1-19(2)39-14-11-20(12-15-39)38-25-7-4-6-22-23(17-29(31,32)33)27(43-28(22)25)8-5-13-37-24-10-9-21(44(3,40)41)16-26(24)42-18-30(34,35)36/h4,6-7,9-10,16,19-20,37-38H,11-15,17-18H2,1-3H3. The summed E-state index contributed by atoms with van der Waals surface area (Å²) in [6, 6.07) is 9.30. The minimum absolute atomic E-state index is 0.0535. The fourth-order valence-electron chi connectivity index (χ4n) is 4.96. The van der Waals surface area contributed by atoms with Gasteiger partial charge in [-0.1, -0.05) is 24.0 Å². The number of alkyl halides is 6. The Morgan fingerprint density at radius 1 is 1.05 bits per heavy atom. The third-order valence-corrected chi connectivity index (χ3v) is 9.46. The van der Waals surface area contributed by atoms with Gasteiger partial charge in [0.15, 0.2) is 16.4 Å². The molecule has 3 aromatic rings. The summed E-state index contributed by atoms with van der Waals surface area (Å²) < 4.78 is 108. The number of benzene rings is 2. The van der Waals surface area contributed by atoms with Crippen molar-refractivity contribution in [1.82, 2.24) is 4.90 Å². The molecule has 4 rings (SSSR count). The molecular formula is C30H33F6N3O3S2. The molecule has 44 heavy (non-hydrogen) atoms. The second-order valence-corrected chi connectivity index (χ2v) is 14.0. The van der Waals surface area contributed by atoms with Crippen LogP contribution in [-0.4, -0.2) is 70.3 Å². The molecule has 0 aliphatic carbocycles. The molecule has 2 N–H and O–H groups in total. The third-order valence-electron chi connectivity index (χ3n) is 7.16. The van der Waals surface area contributed by atoms with Crippen molar-refractivity contribution in [1.29, 1.82) is 0 Å². The van der Waals surface area contributed by atoms with Crippen LogP contribution in [0.25, 0.3) is 10.1 Å². The van der Waals surface area contributed by atoms with Crippen LogP contribution in [0.3, 0.4) is 0 Å². The highest BCUT2D eigenvalue weighted by Gasteiger charge is 2.32. The van der Waals surface area contributed by atoms with Gasteiger partial charge in [-0.15, -0.1) is 11.3 Å². The summed E-state index contributed by atoms with van der Waals surface area (Å²) in [5, 5.41) is 6.77. The molecule has 0 spiro atoms. The molecule has 0 radical (unpaired) electrons. The van der Waals surface area contributed by atoms with E-state index in [0.717, 1.165) is 55.3 Å². The topological polar surface area (TPSA) is 70.7 Å². The van der Waals surface area contributed by atoms with Crippen LogP contribution in [0.5, 0.6) is 5.75 Å². The predicted octanol–water partition coefficient (Wildman–Crippen LogP) is 7.10. The zero-order chi connectivity index (χ0) is 32.3. The smallest absolute Gasteiger partial charge is 0.422 e. The normalized spacial score (nSPS) is 15.3. The van der Waals surface area contributed by atoms with Crippen LogP contribution in [0.4, 0.5) is 37.7 Å². The molecular weight excluding hydrogens is 628 g/mol. The average molecular weight is 662 g/mol. The zero-order valence-corrected chi connectivity index (χ0v) is 26.0. The van der Waals surface area contributed by atoms with E-state index in [-0.39, 0.29) is 39.4 Å². The first-order chi connectivity index (χ1) is 20.5. The largest absolute Gasteiger partial charge is 0.482 e. The van der Waals surface area contributed by atoms with Crippen molar-refractivity contribution in [2.24, 2.45) is 0 Å². The summed E-state index contributed by atoms with van der Waals surface area (Å²) in [7, 11) is -3.72. The highest BCUT2D eigenvalue weighted by molar-refractivity contribution is 7.90. The van der Waals surface area contributed by atoms with Gasteiger partial charge in [0, 0.05) is 37.5 Å². The van der Waals surface area contributed by atoms with Crippen molar-refractivity contribution < 1.29 is 39.5 Å². The number of anilines is 2. The fourth-order valence-corrected chi connectivity index (χ4v) is 6.77. The summed E-state index contributed by atoms with van der Waals surface area (Å²) in [4.78, 5) is 2.39. The van der Waals surface area contributed by atoms with Crippen molar-refractivity contribution >= 4 is 42.6 Å². The molecule has 1 aliphatic heterocycles. The van der Waals surface area contributed by atoms with Gasteiger partial charge >= 0.3 is 12.4 Å². The number of fused-ring (bicyclic) bond motifs is 1. The third kappa shape index (κ3) is 9.18. The molecule has 0 bridgehead atoms. The van der Waals surface area contributed by atoms with Crippen LogP contribution in [0.15, 0.2) is 41.3 Å².